The van der Waals surface area contributed by atoms with E-state index < -0.39 is 24.3 Å². The first-order valence-corrected chi connectivity index (χ1v) is 4.93. The van der Waals surface area contributed by atoms with Crippen molar-refractivity contribution in [3.8, 4) is 5.75 Å². The Kier molecular flexibility index (Phi) is 4.39. The van der Waals surface area contributed by atoms with Crippen molar-refractivity contribution in [1.29, 1.82) is 0 Å². The van der Waals surface area contributed by atoms with E-state index in [0.717, 1.165) is 6.07 Å². The van der Waals surface area contributed by atoms with E-state index in [0.29, 0.717) is 6.41 Å². The molecule has 0 spiro atoms. The molecule has 0 heterocycles. The minimum Gasteiger partial charge on any atom is -0.508 e. The van der Waals surface area contributed by atoms with E-state index >= 15 is 0 Å². The number of aliphatic hydroxyl groups excluding tert-OH is 1. The van der Waals surface area contributed by atoms with Crippen molar-refractivity contribution in [2.45, 2.75) is 12.5 Å². The number of aliphatic carboxylic acids is 1. The molecule has 7 nitrogen and oxygen atoms in total. The molecule has 96 valence electrons. The van der Waals surface area contributed by atoms with Crippen LogP contribution < -0.4 is 5.32 Å². The van der Waals surface area contributed by atoms with Gasteiger partial charge in [-0.05, 0) is 18.2 Å². The van der Waals surface area contributed by atoms with Crippen LogP contribution in [-0.4, -0.2) is 39.6 Å². The highest BCUT2D eigenvalue weighted by Gasteiger charge is 2.21. The zero-order valence-electron chi connectivity index (χ0n) is 9.16. The summed E-state index contributed by atoms with van der Waals surface area (Å²) in [5.41, 5.74) is 0.0628. The number of carboxylic acid groups (broad SMARTS) is 1. The van der Waals surface area contributed by atoms with Gasteiger partial charge in [0, 0.05) is 12.0 Å². The Morgan fingerprint density at radius 2 is 2.06 bits per heavy atom. The molecule has 0 radical (unpaired) electrons. The summed E-state index contributed by atoms with van der Waals surface area (Å²) in [4.78, 5) is 32.5. The van der Waals surface area contributed by atoms with Crippen molar-refractivity contribution >= 4 is 23.9 Å². The number of amides is 1. The molecule has 4 N–H and O–H groups in total. The lowest BCUT2D eigenvalue weighted by atomic mass is 10.0. The molecule has 0 aliphatic heterocycles. The van der Waals surface area contributed by atoms with E-state index in [2.05, 4.69) is 5.32 Å². The third-order valence-electron chi connectivity index (χ3n) is 2.18. The van der Waals surface area contributed by atoms with Crippen LogP contribution in [0.15, 0.2) is 18.2 Å². The van der Waals surface area contributed by atoms with Crippen LogP contribution in [0.3, 0.4) is 0 Å². The second-order valence-corrected chi connectivity index (χ2v) is 3.47. The van der Waals surface area contributed by atoms with Crippen molar-refractivity contribution in [2.75, 3.05) is 5.32 Å². The average molecular weight is 253 g/mol. The maximum atomic E-state index is 11.7. The molecule has 1 amide bonds. The predicted molar refractivity (Wildman–Crippen MR) is 60.4 cm³/mol. The van der Waals surface area contributed by atoms with E-state index in [4.69, 9.17) is 10.2 Å². The van der Waals surface area contributed by atoms with Crippen LogP contribution in [0.5, 0.6) is 5.75 Å². The van der Waals surface area contributed by atoms with Crippen molar-refractivity contribution in [1.82, 2.24) is 0 Å². The number of ketones is 1. The molecule has 1 rings (SSSR count). The molecular weight excluding hydrogens is 242 g/mol. The third kappa shape index (κ3) is 3.29. The van der Waals surface area contributed by atoms with Crippen LogP contribution in [0.25, 0.3) is 0 Å². The Morgan fingerprint density at radius 1 is 1.39 bits per heavy atom. The van der Waals surface area contributed by atoms with Gasteiger partial charge in [0.25, 0.3) is 0 Å². The lowest BCUT2D eigenvalue weighted by molar-refractivity contribution is -0.146. The number of carboxylic acids is 1. The zero-order chi connectivity index (χ0) is 13.7. The summed E-state index contributed by atoms with van der Waals surface area (Å²) in [5.74, 6) is -2.43. The molecule has 7 heteroatoms. The SMILES string of the molecule is O=CNc1ccc(O)cc1C(=O)C[C@H](O)C(=O)O. The number of aromatic hydroxyl groups is 1. The predicted octanol–water partition coefficient (Wildman–Crippen LogP) is -0.0212. The summed E-state index contributed by atoms with van der Waals surface area (Å²) in [6, 6.07) is 3.64. The highest BCUT2D eigenvalue weighted by molar-refractivity contribution is 6.04. The summed E-state index contributed by atoms with van der Waals surface area (Å²) < 4.78 is 0. The van der Waals surface area contributed by atoms with Crippen LogP contribution in [0.1, 0.15) is 16.8 Å². The topological polar surface area (TPSA) is 124 Å². The Bertz CT molecular complexity index is 484. The van der Waals surface area contributed by atoms with E-state index in [1.807, 2.05) is 0 Å². The second-order valence-electron chi connectivity index (χ2n) is 3.47. The first kappa shape index (κ1) is 13.7. The van der Waals surface area contributed by atoms with E-state index in [9.17, 15) is 19.5 Å². The summed E-state index contributed by atoms with van der Waals surface area (Å²) in [6.07, 6.45) is -2.13. The van der Waals surface area contributed by atoms with Crippen LogP contribution in [0.2, 0.25) is 0 Å². The Labute approximate surface area is 102 Å². The third-order valence-corrected chi connectivity index (χ3v) is 2.18. The normalized spacial score (nSPS) is 11.6. The quantitative estimate of drug-likeness (QED) is 0.321. The maximum Gasteiger partial charge on any atom is 0.332 e. The molecule has 18 heavy (non-hydrogen) atoms. The summed E-state index contributed by atoms with van der Waals surface area (Å²) in [6.45, 7) is 0. The van der Waals surface area contributed by atoms with Gasteiger partial charge in [-0.1, -0.05) is 0 Å². The second kappa shape index (κ2) is 5.78. The van der Waals surface area contributed by atoms with Crippen molar-refractivity contribution in [3.63, 3.8) is 0 Å². The molecule has 1 atom stereocenters. The van der Waals surface area contributed by atoms with Crippen LogP contribution >= 0.6 is 0 Å². The van der Waals surface area contributed by atoms with Gasteiger partial charge < -0.3 is 20.6 Å². The van der Waals surface area contributed by atoms with E-state index in [-0.39, 0.29) is 17.0 Å². The molecule has 0 bridgehead atoms. The van der Waals surface area contributed by atoms with Crippen LogP contribution in [-0.2, 0) is 9.59 Å². The molecule has 0 unspecified atom stereocenters. The number of rotatable bonds is 6. The van der Waals surface area contributed by atoms with Gasteiger partial charge in [0.15, 0.2) is 11.9 Å². The van der Waals surface area contributed by atoms with Crippen LogP contribution in [0.4, 0.5) is 5.69 Å². The fourth-order valence-electron chi connectivity index (χ4n) is 1.33. The summed E-state index contributed by atoms with van der Waals surface area (Å²) in [7, 11) is 0. The number of phenolic OH excluding ortho intramolecular Hbond substituents is 1. The molecule has 1 aromatic rings. The number of benzene rings is 1. The summed E-state index contributed by atoms with van der Waals surface area (Å²) in [5, 5.41) is 29.1. The number of Topliss-reactive ketones (excluding diaryl/α,β-unsaturated/α-hetero) is 1. The average Bonchev–Trinajstić information content (AvgIpc) is 2.31. The smallest absolute Gasteiger partial charge is 0.332 e. The van der Waals surface area contributed by atoms with Gasteiger partial charge in [-0.15, -0.1) is 0 Å². The first-order valence-electron chi connectivity index (χ1n) is 4.93. The number of anilines is 1. The standard InChI is InChI=1S/C11H11NO6/c13-5-12-8-2-1-6(14)3-7(8)9(15)4-10(16)11(17)18/h1-3,5,10,14,16H,4H2,(H,12,13)(H,17,18)/t10-/m0/s1. The van der Waals surface area contributed by atoms with Crippen molar-refractivity contribution < 1.29 is 29.7 Å². The van der Waals surface area contributed by atoms with Gasteiger partial charge in [-0.2, -0.15) is 0 Å². The van der Waals surface area contributed by atoms with E-state index in [1.54, 1.807) is 0 Å². The molecule has 0 saturated carbocycles. The number of hydrogen-bond acceptors (Lipinski definition) is 5. The van der Waals surface area contributed by atoms with Crippen molar-refractivity contribution in [2.24, 2.45) is 0 Å². The molecular formula is C11H11NO6. The van der Waals surface area contributed by atoms with Gasteiger partial charge in [0.05, 0.1) is 5.69 Å². The van der Waals surface area contributed by atoms with Gasteiger partial charge >= 0.3 is 5.97 Å². The number of phenols is 1. The highest BCUT2D eigenvalue weighted by atomic mass is 16.4. The molecule has 0 aliphatic rings. The van der Waals surface area contributed by atoms with E-state index in [1.165, 1.54) is 12.1 Å². The summed E-state index contributed by atoms with van der Waals surface area (Å²) >= 11 is 0. The molecule has 0 fully saturated rings. The Balaban J connectivity index is 2.99. The first-order chi connectivity index (χ1) is 8.45. The minimum atomic E-state index is -1.83. The zero-order valence-corrected chi connectivity index (χ0v) is 9.16. The van der Waals surface area contributed by atoms with Gasteiger partial charge in [-0.25, -0.2) is 4.79 Å². The van der Waals surface area contributed by atoms with Gasteiger partial charge in [0.1, 0.15) is 5.75 Å². The Morgan fingerprint density at radius 3 is 2.61 bits per heavy atom. The number of hydrogen-bond donors (Lipinski definition) is 4. The number of aliphatic hydroxyl groups is 1. The Hall–Kier alpha value is -2.41. The number of nitrogens with one attached hydrogen (secondary N) is 1. The maximum absolute atomic E-state index is 11.7. The lowest BCUT2D eigenvalue weighted by Crippen LogP contribution is -2.23. The largest absolute Gasteiger partial charge is 0.508 e. The van der Waals surface area contributed by atoms with Crippen molar-refractivity contribution in [3.05, 3.63) is 23.8 Å². The minimum absolute atomic E-state index is 0.0672. The molecule has 0 aromatic heterocycles. The molecule has 1 aromatic carbocycles. The fraction of sp³-hybridized carbons (Fsp3) is 0.182. The highest BCUT2D eigenvalue weighted by Crippen LogP contribution is 2.22. The van der Waals surface area contributed by atoms with Gasteiger partial charge in [-0.3, -0.25) is 9.59 Å². The fourth-order valence-corrected chi connectivity index (χ4v) is 1.33. The van der Waals surface area contributed by atoms with Gasteiger partial charge in [0.2, 0.25) is 6.41 Å². The number of carbonyl (C=O) groups excluding carboxylic acids is 2. The number of carbonyl (C=O) groups is 3. The molecule has 0 saturated heterocycles. The van der Waals surface area contributed by atoms with Crippen LogP contribution in [0, 0.1) is 0 Å². The molecule has 0 aliphatic carbocycles. The monoisotopic (exact) mass is 253 g/mol. The lowest BCUT2D eigenvalue weighted by Gasteiger charge is -2.09.